The van der Waals surface area contributed by atoms with Crippen LogP contribution in [-0.2, 0) is 0 Å². The highest BCUT2D eigenvalue weighted by atomic mass is 79.9. The van der Waals surface area contributed by atoms with Gasteiger partial charge in [-0.05, 0) is 30.6 Å². The summed E-state index contributed by atoms with van der Waals surface area (Å²) in [5, 5.41) is 1.10. The molecule has 0 saturated carbocycles. The van der Waals surface area contributed by atoms with E-state index in [-0.39, 0.29) is 0 Å². The van der Waals surface area contributed by atoms with Gasteiger partial charge in [-0.25, -0.2) is 0 Å². The van der Waals surface area contributed by atoms with Gasteiger partial charge in [0.05, 0.1) is 0 Å². The molecule has 12 heavy (non-hydrogen) atoms. The molecule has 0 aliphatic rings. The lowest BCUT2D eigenvalue weighted by molar-refractivity contribution is 0.332. The second kappa shape index (κ2) is 6.71. The van der Waals surface area contributed by atoms with E-state index >= 15 is 0 Å². The fraction of sp³-hybridized carbons (Fsp3) is 0.818. The van der Waals surface area contributed by atoms with Crippen LogP contribution in [0.15, 0.2) is 12.7 Å². The second-order valence-corrected chi connectivity index (χ2v) is 4.69. The van der Waals surface area contributed by atoms with E-state index < -0.39 is 0 Å². The SMILES string of the molecule is C=CCC(CBr)C(C)CC(C)C. The van der Waals surface area contributed by atoms with E-state index in [1.807, 2.05) is 6.08 Å². The molecule has 0 nitrogen and oxygen atoms in total. The normalized spacial score (nSPS) is 16.1. The molecule has 0 rings (SSSR count). The van der Waals surface area contributed by atoms with Gasteiger partial charge in [-0.1, -0.05) is 42.8 Å². The minimum Gasteiger partial charge on any atom is -0.103 e. The van der Waals surface area contributed by atoms with Gasteiger partial charge in [0.2, 0.25) is 0 Å². The van der Waals surface area contributed by atoms with Crippen molar-refractivity contribution < 1.29 is 0 Å². The van der Waals surface area contributed by atoms with Gasteiger partial charge in [0.25, 0.3) is 0 Å². The van der Waals surface area contributed by atoms with Crippen LogP contribution in [0.4, 0.5) is 0 Å². The first-order chi connectivity index (χ1) is 5.61. The Labute approximate surface area is 85.6 Å². The molecule has 0 bridgehead atoms. The lowest BCUT2D eigenvalue weighted by Gasteiger charge is -2.22. The third-order valence-electron chi connectivity index (χ3n) is 2.32. The standard InChI is InChI=1S/C11H21Br/c1-5-6-11(8-12)10(4)7-9(2)3/h5,9-11H,1,6-8H2,2-4H3. The van der Waals surface area contributed by atoms with Gasteiger partial charge in [0, 0.05) is 5.33 Å². The number of allylic oxidation sites excluding steroid dienone is 1. The minimum atomic E-state index is 0.768. The van der Waals surface area contributed by atoms with Gasteiger partial charge in [-0.3, -0.25) is 0 Å². The first-order valence-corrected chi connectivity index (χ1v) is 5.90. The molecule has 0 fully saturated rings. The Morgan fingerprint density at radius 1 is 1.33 bits per heavy atom. The van der Waals surface area contributed by atoms with Crippen LogP contribution in [0.25, 0.3) is 0 Å². The van der Waals surface area contributed by atoms with Crippen molar-refractivity contribution in [1.29, 1.82) is 0 Å². The first kappa shape index (κ1) is 12.2. The Morgan fingerprint density at radius 2 is 1.92 bits per heavy atom. The highest BCUT2D eigenvalue weighted by molar-refractivity contribution is 9.09. The van der Waals surface area contributed by atoms with Gasteiger partial charge in [0.15, 0.2) is 0 Å². The van der Waals surface area contributed by atoms with Crippen LogP contribution in [0.2, 0.25) is 0 Å². The molecule has 0 N–H and O–H groups in total. The second-order valence-electron chi connectivity index (χ2n) is 4.05. The summed E-state index contributed by atoms with van der Waals surface area (Å²) >= 11 is 3.56. The van der Waals surface area contributed by atoms with Gasteiger partial charge in [-0.15, -0.1) is 6.58 Å². The number of halogens is 1. The summed E-state index contributed by atoms with van der Waals surface area (Å²) in [5.74, 6) is 2.39. The Kier molecular flexibility index (Phi) is 6.83. The van der Waals surface area contributed by atoms with E-state index in [2.05, 4.69) is 43.3 Å². The van der Waals surface area contributed by atoms with Gasteiger partial charge >= 0.3 is 0 Å². The Bertz CT molecular complexity index is 118. The molecule has 72 valence electrons. The summed E-state index contributed by atoms with van der Waals surface area (Å²) in [7, 11) is 0. The maximum absolute atomic E-state index is 3.79. The van der Waals surface area contributed by atoms with Crippen molar-refractivity contribution in [2.24, 2.45) is 17.8 Å². The Balaban J connectivity index is 3.83. The third kappa shape index (κ3) is 4.97. The molecule has 0 aromatic rings. The average Bonchev–Trinajstić information content (AvgIpc) is 1.98. The molecule has 0 amide bonds. The highest BCUT2D eigenvalue weighted by Crippen LogP contribution is 2.24. The largest absolute Gasteiger partial charge is 0.103 e. The van der Waals surface area contributed by atoms with Gasteiger partial charge < -0.3 is 0 Å². The quantitative estimate of drug-likeness (QED) is 0.475. The topological polar surface area (TPSA) is 0 Å². The van der Waals surface area contributed by atoms with Crippen molar-refractivity contribution in [3.63, 3.8) is 0 Å². The summed E-state index contributed by atoms with van der Waals surface area (Å²) in [6, 6.07) is 0. The van der Waals surface area contributed by atoms with Crippen molar-refractivity contribution in [3.8, 4) is 0 Å². The van der Waals surface area contributed by atoms with Crippen LogP contribution >= 0.6 is 15.9 Å². The van der Waals surface area contributed by atoms with E-state index in [1.54, 1.807) is 0 Å². The summed E-state index contributed by atoms with van der Waals surface area (Å²) in [6.45, 7) is 10.7. The maximum Gasteiger partial charge on any atom is 0.00651 e. The summed E-state index contributed by atoms with van der Waals surface area (Å²) < 4.78 is 0. The van der Waals surface area contributed by atoms with Gasteiger partial charge in [-0.2, -0.15) is 0 Å². The maximum atomic E-state index is 3.79. The molecule has 0 aliphatic heterocycles. The molecule has 0 radical (unpaired) electrons. The molecule has 0 aromatic heterocycles. The number of alkyl halides is 1. The zero-order valence-electron chi connectivity index (χ0n) is 8.52. The van der Waals surface area contributed by atoms with Crippen LogP contribution in [0.3, 0.4) is 0 Å². The fourth-order valence-electron chi connectivity index (χ4n) is 1.60. The van der Waals surface area contributed by atoms with E-state index in [1.165, 1.54) is 6.42 Å². The molecular weight excluding hydrogens is 212 g/mol. The smallest absolute Gasteiger partial charge is 0.00651 e. The van der Waals surface area contributed by atoms with Crippen LogP contribution < -0.4 is 0 Å². The molecule has 0 aromatic carbocycles. The average molecular weight is 233 g/mol. The number of hydrogen-bond acceptors (Lipinski definition) is 0. The molecule has 1 heteroatoms. The van der Waals surface area contributed by atoms with Crippen LogP contribution in [0.5, 0.6) is 0 Å². The van der Waals surface area contributed by atoms with Crippen molar-refractivity contribution in [3.05, 3.63) is 12.7 Å². The van der Waals surface area contributed by atoms with E-state index in [0.29, 0.717) is 0 Å². The predicted octanol–water partition coefficient (Wildman–Crippen LogP) is 4.26. The third-order valence-corrected chi connectivity index (χ3v) is 3.15. The van der Waals surface area contributed by atoms with Crippen LogP contribution in [0.1, 0.15) is 33.6 Å². The Morgan fingerprint density at radius 3 is 2.25 bits per heavy atom. The molecule has 2 atom stereocenters. The molecule has 0 heterocycles. The monoisotopic (exact) mass is 232 g/mol. The summed E-state index contributed by atoms with van der Waals surface area (Å²) in [4.78, 5) is 0. The molecule has 0 saturated heterocycles. The van der Waals surface area contributed by atoms with E-state index in [9.17, 15) is 0 Å². The first-order valence-electron chi connectivity index (χ1n) is 4.78. The van der Waals surface area contributed by atoms with Crippen molar-refractivity contribution >= 4 is 15.9 Å². The highest BCUT2D eigenvalue weighted by Gasteiger charge is 2.15. The zero-order valence-corrected chi connectivity index (χ0v) is 10.1. The van der Waals surface area contributed by atoms with Gasteiger partial charge in [0.1, 0.15) is 0 Å². The lowest BCUT2D eigenvalue weighted by Crippen LogP contribution is -2.14. The Hall–Kier alpha value is 0.220. The minimum absolute atomic E-state index is 0.768. The van der Waals surface area contributed by atoms with Crippen LogP contribution in [-0.4, -0.2) is 5.33 Å². The van der Waals surface area contributed by atoms with E-state index in [4.69, 9.17) is 0 Å². The zero-order chi connectivity index (χ0) is 9.56. The van der Waals surface area contributed by atoms with Crippen LogP contribution in [0, 0.1) is 17.8 Å². The summed E-state index contributed by atoms with van der Waals surface area (Å²) in [6.07, 6.45) is 4.49. The van der Waals surface area contributed by atoms with Crippen molar-refractivity contribution in [1.82, 2.24) is 0 Å². The molecule has 0 spiro atoms. The predicted molar refractivity (Wildman–Crippen MR) is 60.7 cm³/mol. The lowest BCUT2D eigenvalue weighted by atomic mass is 9.86. The van der Waals surface area contributed by atoms with E-state index in [0.717, 1.165) is 29.5 Å². The van der Waals surface area contributed by atoms with Crippen molar-refractivity contribution in [2.45, 2.75) is 33.6 Å². The van der Waals surface area contributed by atoms with Crippen molar-refractivity contribution in [2.75, 3.05) is 5.33 Å². The fourth-order valence-corrected chi connectivity index (χ4v) is 2.50. The summed E-state index contributed by atoms with van der Waals surface area (Å²) in [5.41, 5.74) is 0. The molecular formula is C11H21Br. The molecule has 2 unspecified atom stereocenters. The number of rotatable bonds is 6. The molecule has 0 aliphatic carbocycles. The number of hydrogen-bond donors (Lipinski definition) is 0.